The summed E-state index contributed by atoms with van der Waals surface area (Å²) in [6, 6.07) is 10.4. The zero-order chi connectivity index (χ0) is 16.3. The van der Waals surface area contributed by atoms with Gasteiger partial charge in [0.15, 0.2) is 9.84 Å². The van der Waals surface area contributed by atoms with Crippen LogP contribution in [0.2, 0.25) is 0 Å². The topological polar surface area (TPSA) is 85.4 Å². The van der Waals surface area contributed by atoms with E-state index in [0.29, 0.717) is 23.6 Å². The summed E-state index contributed by atoms with van der Waals surface area (Å²) >= 11 is 0. The first-order valence-electron chi connectivity index (χ1n) is 7.21. The summed E-state index contributed by atoms with van der Waals surface area (Å²) in [5.74, 6) is 0.470. The van der Waals surface area contributed by atoms with Gasteiger partial charge in [-0.05, 0) is 30.7 Å². The van der Waals surface area contributed by atoms with Crippen LogP contribution in [0.1, 0.15) is 6.42 Å². The first-order valence-corrected chi connectivity index (χ1v) is 9.03. The maximum atomic E-state index is 12.1. The molecule has 1 aromatic heterocycles. The van der Waals surface area contributed by atoms with Crippen molar-refractivity contribution in [1.29, 1.82) is 0 Å². The maximum absolute atomic E-state index is 12.1. The van der Waals surface area contributed by atoms with Crippen molar-refractivity contribution < 1.29 is 17.9 Å². The van der Waals surface area contributed by atoms with Crippen molar-refractivity contribution >= 4 is 21.4 Å². The predicted octanol–water partition coefficient (Wildman–Crippen LogP) is 2.25. The Morgan fingerprint density at radius 2 is 1.96 bits per heavy atom. The van der Waals surface area contributed by atoms with Gasteiger partial charge in [0.2, 0.25) is 5.91 Å². The number of rotatable bonds is 4. The highest BCUT2D eigenvalue weighted by atomic mass is 32.2. The molecule has 7 heteroatoms. The second-order valence-corrected chi connectivity index (χ2v) is 7.63. The van der Waals surface area contributed by atoms with Gasteiger partial charge in [0.05, 0.1) is 17.4 Å². The van der Waals surface area contributed by atoms with E-state index in [9.17, 15) is 13.2 Å². The molecule has 6 nitrogen and oxygen atoms in total. The molecule has 1 aliphatic rings. The molecule has 1 aromatic carbocycles. The van der Waals surface area contributed by atoms with E-state index in [1.807, 2.05) is 0 Å². The fraction of sp³-hybridized carbons (Fsp3) is 0.250. The summed E-state index contributed by atoms with van der Waals surface area (Å²) in [4.78, 5) is 16.1. The van der Waals surface area contributed by atoms with E-state index in [1.165, 1.54) is 0 Å². The first-order chi connectivity index (χ1) is 11.0. The van der Waals surface area contributed by atoms with Gasteiger partial charge < -0.3 is 10.1 Å². The second kappa shape index (κ2) is 6.37. The van der Waals surface area contributed by atoms with Crippen LogP contribution in [0.4, 0.5) is 5.69 Å². The van der Waals surface area contributed by atoms with Crippen LogP contribution >= 0.6 is 0 Å². The number of anilines is 1. The number of hydrogen-bond donors (Lipinski definition) is 1. The maximum Gasteiger partial charge on any atom is 0.228 e. The molecule has 2 aromatic rings. The van der Waals surface area contributed by atoms with Crippen molar-refractivity contribution in [3.63, 3.8) is 0 Å². The molecule has 1 saturated heterocycles. The molecule has 0 aliphatic carbocycles. The van der Waals surface area contributed by atoms with E-state index in [1.54, 1.807) is 48.8 Å². The Balaban J connectivity index is 1.67. The van der Waals surface area contributed by atoms with E-state index in [-0.39, 0.29) is 17.4 Å². The normalized spacial score (nSPS) is 19.2. The Morgan fingerprint density at radius 1 is 1.17 bits per heavy atom. The molecule has 120 valence electrons. The number of amides is 1. The van der Waals surface area contributed by atoms with Crippen LogP contribution in [0.15, 0.2) is 48.8 Å². The molecule has 1 N–H and O–H groups in total. The van der Waals surface area contributed by atoms with Gasteiger partial charge in [-0.15, -0.1) is 0 Å². The fourth-order valence-electron chi connectivity index (χ4n) is 2.43. The largest absolute Gasteiger partial charge is 0.457 e. The number of benzene rings is 1. The number of carbonyl (C=O) groups excluding carboxylic acids is 1. The van der Waals surface area contributed by atoms with E-state index >= 15 is 0 Å². The van der Waals surface area contributed by atoms with Crippen LogP contribution in [-0.4, -0.2) is 30.8 Å². The van der Waals surface area contributed by atoms with Gasteiger partial charge in [-0.25, -0.2) is 8.42 Å². The number of nitrogens with zero attached hydrogens (tertiary/aromatic N) is 1. The minimum Gasteiger partial charge on any atom is -0.457 e. The highest BCUT2D eigenvalue weighted by Gasteiger charge is 2.32. The number of carbonyl (C=O) groups is 1. The molecule has 0 saturated carbocycles. The second-order valence-electron chi connectivity index (χ2n) is 5.40. The van der Waals surface area contributed by atoms with Gasteiger partial charge in [0.25, 0.3) is 0 Å². The summed E-state index contributed by atoms with van der Waals surface area (Å²) in [5, 5.41) is 2.75. The highest BCUT2D eigenvalue weighted by molar-refractivity contribution is 7.91. The lowest BCUT2D eigenvalue weighted by molar-refractivity contribution is -0.119. The quantitative estimate of drug-likeness (QED) is 0.928. The molecule has 1 atom stereocenters. The van der Waals surface area contributed by atoms with Crippen molar-refractivity contribution in [1.82, 2.24) is 4.98 Å². The summed E-state index contributed by atoms with van der Waals surface area (Å²) in [7, 11) is -3.07. The molecule has 23 heavy (non-hydrogen) atoms. The minimum atomic E-state index is -3.07. The van der Waals surface area contributed by atoms with Gasteiger partial charge in [-0.2, -0.15) is 0 Å². The standard InChI is InChI=1S/C16H16N2O4S/c19-16(12-6-9-23(20,21)11-12)18-13-2-1-3-15(10-13)22-14-4-7-17-8-5-14/h1-5,7-8,10,12H,6,9,11H2,(H,18,19)/t12-/m0/s1. The predicted molar refractivity (Wildman–Crippen MR) is 86.1 cm³/mol. The molecule has 1 amide bonds. The Morgan fingerprint density at radius 3 is 2.65 bits per heavy atom. The van der Waals surface area contributed by atoms with Crippen LogP contribution in [0.5, 0.6) is 11.5 Å². The van der Waals surface area contributed by atoms with Crippen molar-refractivity contribution in [2.24, 2.45) is 5.92 Å². The van der Waals surface area contributed by atoms with Crippen molar-refractivity contribution in [2.75, 3.05) is 16.8 Å². The van der Waals surface area contributed by atoms with Crippen molar-refractivity contribution in [3.05, 3.63) is 48.8 Å². The van der Waals surface area contributed by atoms with E-state index in [4.69, 9.17) is 4.74 Å². The number of sulfone groups is 1. The monoisotopic (exact) mass is 332 g/mol. The third kappa shape index (κ3) is 4.07. The van der Waals surface area contributed by atoms with Crippen LogP contribution < -0.4 is 10.1 Å². The first kappa shape index (κ1) is 15.5. The highest BCUT2D eigenvalue weighted by Crippen LogP contribution is 2.25. The third-order valence-corrected chi connectivity index (χ3v) is 5.36. The molecule has 3 rings (SSSR count). The van der Waals surface area contributed by atoms with Gasteiger partial charge in [-0.3, -0.25) is 9.78 Å². The zero-order valence-corrected chi connectivity index (χ0v) is 13.1. The molecule has 2 heterocycles. The summed E-state index contributed by atoms with van der Waals surface area (Å²) in [6.45, 7) is 0. The van der Waals surface area contributed by atoms with Crippen LogP contribution in [0.3, 0.4) is 0 Å². The Kier molecular flexibility index (Phi) is 4.29. The number of hydrogen-bond acceptors (Lipinski definition) is 5. The van der Waals surface area contributed by atoms with Gasteiger partial charge in [0, 0.05) is 24.1 Å². The average molecular weight is 332 g/mol. The van der Waals surface area contributed by atoms with Crippen molar-refractivity contribution in [2.45, 2.75) is 6.42 Å². The number of nitrogens with one attached hydrogen (secondary N) is 1. The van der Waals surface area contributed by atoms with Crippen LogP contribution in [-0.2, 0) is 14.6 Å². The molecule has 1 aliphatic heterocycles. The molecule has 0 spiro atoms. The SMILES string of the molecule is O=C(Nc1cccc(Oc2ccncc2)c1)[C@H]1CCS(=O)(=O)C1. The molecule has 0 radical (unpaired) electrons. The number of pyridine rings is 1. The third-order valence-electron chi connectivity index (χ3n) is 3.59. The van der Waals surface area contributed by atoms with E-state index < -0.39 is 15.8 Å². The lowest BCUT2D eigenvalue weighted by Crippen LogP contribution is -2.23. The van der Waals surface area contributed by atoms with Crippen LogP contribution in [0, 0.1) is 5.92 Å². The lowest BCUT2D eigenvalue weighted by Gasteiger charge is -2.11. The Hall–Kier alpha value is -2.41. The average Bonchev–Trinajstić information content (AvgIpc) is 2.89. The molecular weight excluding hydrogens is 316 g/mol. The van der Waals surface area contributed by atoms with Gasteiger partial charge in [0.1, 0.15) is 11.5 Å². The number of ether oxygens (including phenoxy) is 1. The van der Waals surface area contributed by atoms with E-state index in [2.05, 4.69) is 10.3 Å². The minimum absolute atomic E-state index is 0.0773. The summed E-state index contributed by atoms with van der Waals surface area (Å²) < 4.78 is 28.6. The van der Waals surface area contributed by atoms with Crippen LogP contribution in [0.25, 0.3) is 0 Å². The summed E-state index contributed by atoms with van der Waals surface area (Å²) in [6.07, 6.45) is 3.63. The van der Waals surface area contributed by atoms with E-state index in [0.717, 1.165) is 0 Å². The summed E-state index contributed by atoms with van der Waals surface area (Å²) in [5.41, 5.74) is 0.575. The molecule has 0 bridgehead atoms. The van der Waals surface area contributed by atoms with Gasteiger partial charge in [-0.1, -0.05) is 6.07 Å². The Bertz CT molecular complexity index is 806. The number of aromatic nitrogens is 1. The molecular formula is C16H16N2O4S. The smallest absolute Gasteiger partial charge is 0.228 e. The lowest BCUT2D eigenvalue weighted by atomic mass is 10.1. The van der Waals surface area contributed by atoms with Gasteiger partial charge >= 0.3 is 0 Å². The van der Waals surface area contributed by atoms with Crippen molar-refractivity contribution in [3.8, 4) is 11.5 Å². The molecule has 1 fully saturated rings. The fourth-order valence-corrected chi connectivity index (χ4v) is 4.17. The zero-order valence-electron chi connectivity index (χ0n) is 12.3. The molecule has 0 unspecified atom stereocenters. The Labute approximate surface area is 134 Å².